The van der Waals surface area contributed by atoms with Gasteiger partial charge in [0.25, 0.3) is 0 Å². The third-order valence-corrected chi connectivity index (χ3v) is 8.77. The molecule has 214 valence electrons. The lowest BCUT2D eigenvalue weighted by Crippen LogP contribution is -2.19. The zero-order valence-electron chi connectivity index (χ0n) is 26.0. The number of para-hydroxylation sites is 2. The van der Waals surface area contributed by atoms with Gasteiger partial charge < -0.3 is 9.80 Å². The van der Waals surface area contributed by atoms with Gasteiger partial charge in [-0.25, -0.2) is 0 Å². The van der Waals surface area contributed by atoms with E-state index < -0.39 is 0 Å². The summed E-state index contributed by atoms with van der Waals surface area (Å²) in [7, 11) is 0. The molecule has 0 aromatic heterocycles. The fourth-order valence-corrected chi connectivity index (χ4v) is 5.58. The topological polar surface area (TPSA) is 6.48 Å². The maximum absolute atomic E-state index is 2.37. The van der Waals surface area contributed by atoms with Gasteiger partial charge in [0.05, 0.1) is 0 Å². The standard InChI is InChI=1S/C40H44N2/c1-7-40(6,8-2)32-21-25-36(26-22-32)42(34-17-13-10-14-18-34)38-29-27-37(28-30-38)41(33-15-11-9-12-16-33)35-23-19-31(20-24-35)39(3,4)5/h9-30H,7-8H2,1-6H3. The highest BCUT2D eigenvalue weighted by Crippen LogP contribution is 2.40. The number of rotatable bonds is 9. The molecule has 0 saturated carbocycles. The fourth-order valence-electron chi connectivity index (χ4n) is 5.58. The summed E-state index contributed by atoms with van der Waals surface area (Å²) < 4.78 is 0. The molecule has 0 N–H and O–H groups in total. The van der Waals surface area contributed by atoms with Gasteiger partial charge in [-0.15, -0.1) is 0 Å². The Morgan fingerprint density at radius 2 is 0.667 bits per heavy atom. The summed E-state index contributed by atoms with van der Waals surface area (Å²) in [6.45, 7) is 13.7. The van der Waals surface area contributed by atoms with Crippen LogP contribution in [0.15, 0.2) is 133 Å². The van der Waals surface area contributed by atoms with Gasteiger partial charge in [0.2, 0.25) is 0 Å². The number of anilines is 6. The van der Waals surface area contributed by atoms with Crippen LogP contribution in [-0.2, 0) is 10.8 Å². The first-order chi connectivity index (χ1) is 20.2. The van der Waals surface area contributed by atoms with Crippen LogP contribution in [0.1, 0.15) is 65.5 Å². The van der Waals surface area contributed by atoms with E-state index in [1.54, 1.807) is 0 Å². The quantitative estimate of drug-likeness (QED) is 0.179. The van der Waals surface area contributed by atoms with Crippen molar-refractivity contribution in [3.05, 3.63) is 145 Å². The summed E-state index contributed by atoms with van der Waals surface area (Å²) in [6, 6.07) is 48.3. The van der Waals surface area contributed by atoms with Crippen LogP contribution in [0.4, 0.5) is 34.1 Å². The van der Waals surface area contributed by atoms with Crippen molar-refractivity contribution in [1.29, 1.82) is 0 Å². The van der Waals surface area contributed by atoms with Crippen LogP contribution in [0, 0.1) is 0 Å². The number of hydrogen-bond acceptors (Lipinski definition) is 2. The molecule has 5 aromatic rings. The maximum atomic E-state index is 2.37. The van der Waals surface area contributed by atoms with Crippen molar-refractivity contribution in [2.24, 2.45) is 0 Å². The fraction of sp³-hybridized carbons (Fsp3) is 0.250. The molecule has 0 amide bonds. The van der Waals surface area contributed by atoms with E-state index in [1.807, 2.05) is 0 Å². The van der Waals surface area contributed by atoms with Crippen molar-refractivity contribution in [3.8, 4) is 0 Å². The van der Waals surface area contributed by atoms with Crippen LogP contribution in [0.5, 0.6) is 0 Å². The molecule has 0 aliphatic rings. The first kappa shape index (κ1) is 29.2. The molecule has 0 fully saturated rings. The molecule has 5 aromatic carbocycles. The molecule has 5 rings (SSSR count). The van der Waals surface area contributed by atoms with Gasteiger partial charge in [-0.1, -0.05) is 102 Å². The molecule has 0 aliphatic heterocycles. The maximum Gasteiger partial charge on any atom is 0.0463 e. The normalized spacial score (nSPS) is 11.8. The molecule has 2 heteroatoms. The Hall–Kier alpha value is -4.30. The van der Waals surface area contributed by atoms with Crippen LogP contribution < -0.4 is 9.80 Å². The summed E-state index contributed by atoms with van der Waals surface area (Å²) >= 11 is 0. The molecule has 0 atom stereocenters. The van der Waals surface area contributed by atoms with Crippen LogP contribution >= 0.6 is 0 Å². The minimum atomic E-state index is 0.114. The lowest BCUT2D eigenvalue weighted by Gasteiger charge is -2.30. The second kappa shape index (κ2) is 12.3. The molecule has 42 heavy (non-hydrogen) atoms. The predicted molar refractivity (Wildman–Crippen MR) is 182 cm³/mol. The van der Waals surface area contributed by atoms with Gasteiger partial charge in [0.1, 0.15) is 0 Å². The van der Waals surface area contributed by atoms with Gasteiger partial charge in [-0.05, 0) is 108 Å². The van der Waals surface area contributed by atoms with Gasteiger partial charge in [0.15, 0.2) is 0 Å². The minimum absolute atomic E-state index is 0.114. The molecule has 0 spiro atoms. The van der Waals surface area contributed by atoms with E-state index in [4.69, 9.17) is 0 Å². The Balaban J connectivity index is 1.54. The zero-order valence-corrected chi connectivity index (χ0v) is 26.0. The van der Waals surface area contributed by atoms with Gasteiger partial charge in [-0.2, -0.15) is 0 Å². The average molecular weight is 553 g/mol. The number of benzene rings is 5. The average Bonchev–Trinajstić information content (AvgIpc) is 3.03. The minimum Gasteiger partial charge on any atom is -0.311 e. The number of nitrogens with zero attached hydrogens (tertiary/aromatic N) is 2. The van der Waals surface area contributed by atoms with Gasteiger partial charge in [-0.3, -0.25) is 0 Å². The van der Waals surface area contributed by atoms with Crippen molar-refractivity contribution in [2.75, 3.05) is 9.80 Å². The van der Waals surface area contributed by atoms with E-state index in [0.717, 1.165) is 47.0 Å². The molecule has 0 saturated heterocycles. The zero-order chi connectivity index (χ0) is 29.7. The first-order valence-corrected chi connectivity index (χ1v) is 15.2. The van der Waals surface area contributed by atoms with E-state index >= 15 is 0 Å². The van der Waals surface area contributed by atoms with Crippen molar-refractivity contribution < 1.29 is 0 Å². The lowest BCUT2D eigenvalue weighted by molar-refractivity contribution is 0.439. The third kappa shape index (κ3) is 6.14. The Labute approximate surface area is 253 Å². The molecule has 0 aliphatic carbocycles. The molecule has 2 nitrogen and oxygen atoms in total. The Kier molecular flexibility index (Phi) is 8.54. The molecular formula is C40H44N2. The van der Waals surface area contributed by atoms with Gasteiger partial charge in [0, 0.05) is 34.1 Å². The monoisotopic (exact) mass is 552 g/mol. The molecular weight excluding hydrogens is 508 g/mol. The van der Waals surface area contributed by atoms with E-state index in [0.29, 0.717) is 0 Å². The summed E-state index contributed by atoms with van der Waals surface area (Å²) in [5, 5.41) is 0. The highest BCUT2D eigenvalue weighted by Gasteiger charge is 2.23. The van der Waals surface area contributed by atoms with Crippen LogP contribution in [0.2, 0.25) is 0 Å². The summed E-state index contributed by atoms with van der Waals surface area (Å²) in [6.07, 6.45) is 2.26. The van der Waals surface area contributed by atoms with E-state index in [-0.39, 0.29) is 10.8 Å². The summed E-state index contributed by atoms with van der Waals surface area (Å²) in [5.74, 6) is 0. The lowest BCUT2D eigenvalue weighted by atomic mass is 9.78. The van der Waals surface area contributed by atoms with E-state index in [2.05, 4.69) is 185 Å². The highest BCUT2D eigenvalue weighted by molar-refractivity contribution is 5.81. The van der Waals surface area contributed by atoms with Crippen molar-refractivity contribution in [1.82, 2.24) is 0 Å². The predicted octanol–water partition coefficient (Wildman–Crippen LogP) is 12.0. The van der Waals surface area contributed by atoms with Gasteiger partial charge >= 0.3 is 0 Å². The van der Waals surface area contributed by atoms with Crippen LogP contribution in [0.25, 0.3) is 0 Å². The first-order valence-electron chi connectivity index (χ1n) is 15.2. The molecule has 0 unspecified atom stereocenters. The van der Waals surface area contributed by atoms with E-state index in [1.165, 1.54) is 11.1 Å². The molecule has 0 heterocycles. The van der Waals surface area contributed by atoms with Crippen molar-refractivity contribution >= 4 is 34.1 Å². The second-order valence-electron chi connectivity index (χ2n) is 12.5. The number of hydrogen-bond donors (Lipinski definition) is 0. The Morgan fingerprint density at radius 1 is 0.381 bits per heavy atom. The van der Waals surface area contributed by atoms with Crippen LogP contribution in [0.3, 0.4) is 0 Å². The van der Waals surface area contributed by atoms with Crippen LogP contribution in [-0.4, -0.2) is 0 Å². The highest BCUT2D eigenvalue weighted by atomic mass is 15.2. The largest absolute Gasteiger partial charge is 0.311 e. The third-order valence-electron chi connectivity index (χ3n) is 8.77. The molecule has 0 bridgehead atoms. The van der Waals surface area contributed by atoms with E-state index in [9.17, 15) is 0 Å². The summed E-state index contributed by atoms with van der Waals surface area (Å²) in [4.78, 5) is 4.67. The second-order valence-corrected chi connectivity index (χ2v) is 12.5. The SMILES string of the molecule is CCC(C)(CC)c1ccc(N(c2ccccc2)c2ccc(N(c3ccccc3)c3ccc(C(C)(C)C)cc3)cc2)cc1. The summed E-state index contributed by atoms with van der Waals surface area (Å²) in [5.41, 5.74) is 9.88. The molecule has 0 radical (unpaired) electrons. The smallest absolute Gasteiger partial charge is 0.0463 e. The van der Waals surface area contributed by atoms with Crippen molar-refractivity contribution in [3.63, 3.8) is 0 Å². The Bertz CT molecular complexity index is 1540. The Morgan fingerprint density at radius 3 is 0.976 bits per heavy atom. The van der Waals surface area contributed by atoms with Crippen molar-refractivity contribution in [2.45, 2.75) is 65.2 Å².